The Morgan fingerprint density at radius 3 is 1.12 bits per heavy atom. The number of fused-ring (bicyclic) bond motifs is 2. The zero-order chi connectivity index (χ0) is 27.6. The first-order valence-corrected chi connectivity index (χ1v) is 12.7. The van der Waals surface area contributed by atoms with Crippen LogP contribution in [0, 0.1) is 0 Å². The quantitative estimate of drug-likeness (QED) is 0.187. The molecular formula is C34H24N2O4. The Morgan fingerprint density at radius 1 is 0.450 bits per heavy atom. The third-order valence-corrected chi connectivity index (χ3v) is 6.84. The number of rotatable bonds is 5. The number of carbonyl (C=O) groups excluding carboxylic acids is 2. The molecule has 6 aromatic carbocycles. The second-order valence-corrected chi connectivity index (χ2v) is 9.50. The summed E-state index contributed by atoms with van der Waals surface area (Å²) in [6, 6.07) is 36.3. The van der Waals surface area contributed by atoms with Gasteiger partial charge in [0.05, 0.1) is 11.1 Å². The second kappa shape index (κ2) is 10.3. The van der Waals surface area contributed by atoms with Crippen molar-refractivity contribution in [3.8, 4) is 22.6 Å². The summed E-state index contributed by atoms with van der Waals surface area (Å²) in [7, 11) is 0. The van der Waals surface area contributed by atoms with E-state index in [1.165, 1.54) is 0 Å². The van der Waals surface area contributed by atoms with Gasteiger partial charge in [-0.25, -0.2) is 0 Å². The van der Waals surface area contributed by atoms with Gasteiger partial charge in [0.25, 0.3) is 11.8 Å². The summed E-state index contributed by atoms with van der Waals surface area (Å²) in [6.07, 6.45) is 0. The Kier molecular flexibility index (Phi) is 6.34. The number of phenols is 2. The van der Waals surface area contributed by atoms with Crippen LogP contribution in [-0.4, -0.2) is 22.0 Å². The molecule has 6 rings (SSSR count). The summed E-state index contributed by atoms with van der Waals surface area (Å²) in [4.78, 5) is 25.7. The monoisotopic (exact) mass is 524 g/mol. The summed E-state index contributed by atoms with van der Waals surface area (Å²) in [5.41, 5.74) is 3.46. The van der Waals surface area contributed by atoms with Crippen LogP contribution in [0.3, 0.4) is 0 Å². The fourth-order valence-electron chi connectivity index (χ4n) is 4.71. The molecule has 0 fully saturated rings. The lowest BCUT2D eigenvalue weighted by atomic mass is 10.0. The van der Waals surface area contributed by atoms with Crippen LogP contribution in [0.25, 0.3) is 32.7 Å². The third kappa shape index (κ3) is 4.93. The van der Waals surface area contributed by atoms with Gasteiger partial charge in [-0.3, -0.25) is 9.59 Å². The van der Waals surface area contributed by atoms with Crippen molar-refractivity contribution in [3.05, 3.63) is 132 Å². The normalized spacial score (nSPS) is 10.9. The number of aromatic hydroxyl groups is 2. The van der Waals surface area contributed by atoms with Gasteiger partial charge in [-0.15, -0.1) is 0 Å². The Balaban J connectivity index is 1.13. The number of hydrogen-bond acceptors (Lipinski definition) is 4. The molecule has 0 aromatic heterocycles. The maximum atomic E-state index is 12.8. The van der Waals surface area contributed by atoms with Crippen molar-refractivity contribution < 1.29 is 19.8 Å². The molecule has 2 amide bonds. The molecule has 0 spiro atoms. The van der Waals surface area contributed by atoms with Gasteiger partial charge in [0, 0.05) is 11.4 Å². The van der Waals surface area contributed by atoms with Crippen LogP contribution in [0.5, 0.6) is 11.5 Å². The van der Waals surface area contributed by atoms with E-state index in [2.05, 4.69) is 10.6 Å². The summed E-state index contributed by atoms with van der Waals surface area (Å²) in [5.74, 6) is -0.936. The molecule has 0 saturated carbocycles. The largest absolute Gasteiger partial charge is 0.507 e. The van der Waals surface area contributed by atoms with Crippen molar-refractivity contribution in [3.63, 3.8) is 0 Å². The second-order valence-electron chi connectivity index (χ2n) is 9.50. The van der Waals surface area contributed by atoms with Gasteiger partial charge in [0.15, 0.2) is 0 Å². The zero-order valence-corrected chi connectivity index (χ0v) is 21.3. The van der Waals surface area contributed by atoms with E-state index in [1.807, 2.05) is 72.8 Å². The summed E-state index contributed by atoms with van der Waals surface area (Å²) < 4.78 is 0. The van der Waals surface area contributed by atoms with Crippen molar-refractivity contribution in [2.24, 2.45) is 0 Å². The number of benzene rings is 6. The fourth-order valence-corrected chi connectivity index (χ4v) is 4.71. The van der Waals surface area contributed by atoms with Crippen LogP contribution < -0.4 is 10.6 Å². The van der Waals surface area contributed by atoms with Crippen LogP contribution >= 0.6 is 0 Å². The predicted molar refractivity (Wildman–Crippen MR) is 159 cm³/mol. The van der Waals surface area contributed by atoms with E-state index in [0.29, 0.717) is 11.4 Å². The number of anilines is 2. The molecular weight excluding hydrogens is 500 g/mol. The van der Waals surface area contributed by atoms with Crippen molar-refractivity contribution in [2.45, 2.75) is 0 Å². The Bertz CT molecular complexity index is 1750. The van der Waals surface area contributed by atoms with Crippen LogP contribution in [0.2, 0.25) is 0 Å². The summed E-state index contributed by atoms with van der Waals surface area (Å²) in [5, 5.41) is 29.8. The van der Waals surface area contributed by atoms with Crippen molar-refractivity contribution in [2.75, 3.05) is 10.6 Å². The average Bonchev–Trinajstić information content (AvgIpc) is 2.97. The highest BCUT2D eigenvalue weighted by Gasteiger charge is 2.14. The Labute approximate surface area is 230 Å². The smallest absolute Gasteiger partial charge is 0.259 e. The minimum absolute atomic E-state index is 0.0733. The number of nitrogens with one attached hydrogen (secondary N) is 2. The molecule has 0 unspecified atom stereocenters. The van der Waals surface area contributed by atoms with E-state index in [-0.39, 0.29) is 22.6 Å². The van der Waals surface area contributed by atoms with Crippen LogP contribution in [0.15, 0.2) is 121 Å². The molecule has 0 radical (unpaired) electrons. The molecule has 6 heteroatoms. The molecule has 4 N–H and O–H groups in total. The third-order valence-electron chi connectivity index (χ3n) is 6.84. The molecule has 194 valence electrons. The van der Waals surface area contributed by atoms with Gasteiger partial charge in [-0.05, 0) is 81.2 Å². The highest BCUT2D eigenvalue weighted by molar-refractivity contribution is 6.09. The summed E-state index contributed by atoms with van der Waals surface area (Å²) in [6.45, 7) is 0. The molecule has 0 aliphatic carbocycles. The SMILES string of the molecule is O=C(Nc1ccc(-c2ccc(NC(=O)c3cc4ccccc4cc3O)cc2)cc1)c1cc2ccccc2cc1O. The van der Waals surface area contributed by atoms with Gasteiger partial charge in [-0.1, -0.05) is 72.8 Å². The van der Waals surface area contributed by atoms with Crippen LogP contribution in [-0.2, 0) is 0 Å². The van der Waals surface area contributed by atoms with E-state index in [4.69, 9.17) is 0 Å². The molecule has 0 saturated heterocycles. The van der Waals surface area contributed by atoms with Gasteiger partial charge in [0.2, 0.25) is 0 Å². The molecule has 0 aliphatic heterocycles. The van der Waals surface area contributed by atoms with Crippen LogP contribution in [0.1, 0.15) is 20.7 Å². The van der Waals surface area contributed by atoms with E-state index >= 15 is 0 Å². The number of phenolic OH excluding ortho intramolecular Hbond substituents is 2. The first kappa shape index (κ1) is 24.7. The van der Waals surface area contributed by atoms with Gasteiger partial charge in [0.1, 0.15) is 11.5 Å². The standard InChI is InChI=1S/C34H24N2O4/c37-31-19-25-7-3-1-5-23(25)17-29(31)33(39)35-27-13-9-21(10-14-27)22-11-15-28(16-12-22)36-34(40)30-18-24-6-2-4-8-26(24)20-32(30)38/h1-20,37-38H,(H,35,39)(H,36,40). The van der Waals surface area contributed by atoms with Crippen molar-refractivity contribution in [1.82, 2.24) is 0 Å². The van der Waals surface area contributed by atoms with E-state index in [9.17, 15) is 19.8 Å². The van der Waals surface area contributed by atoms with Crippen molar-refractivity contribution >= 4 is 44.7 Å². The maximum absolute atomic E-state index is 12.8. The minimum Gasteiger partial charge on any atom is -0.507 e. The first-order chi connectivity index (χ1) is 19.4. The highest BCUT2D eigenvalue weighted by atomic mass is 16.3. The Hall–Kier alpha value is -5.62. The number of carbonyl (C=O) groups is 2. The molecule has 6 aromatic rings. The number of amides is 2. The highest BCUT2D eigenvalue weighted by Crippen LogP contribution is 2.29. The lowest BCUT2D eigenvalue weighted by Crippen LogP contribution is -2.12. The molecule has 0 heterocycles. The minimum atomic E-state index is -0.395. The van der Waals surface area contributed by atoms with E-state index < -0.39 is 11.8 Å². The average molecular weight is 525 g/mol. The van der Waals surface area contributed by atoms with Gasteiger partial charge in [-0.2, -0.15) is 0 Å². The first-order valence-electron chi connectivity index (χ1n) is 12.7. The van der Waals surface area contributed by atoms with Crippen molar-refractivity contribution in [1.29, 1.82) is 0 Å². The summed E-state index contributed by atoms with van der Waals surface area (Å²) >= 11 is 0. The Morgan fingerprint density at radius 2 is 0.775 bits per heavy atom. The molecule has 0 bridgehead atoms. The zero-order valence-electron chi connectivity index (χ0n) is 21.3. The lowest BCUT2D eigenvalue weighted by molar-refractivity contribution is 0.101. The molecule has 6 nitrogen and oxygen atoms in total. The van der Waals surface area contributed by atoms with E-state index in [1.54, 1.807) is 48.5 Å². The van der Waals surface area contributed by atoms with Gasteiger partial charge < -0.3 is 20.8 Å². The van der Waals surface area contributed by atoms with Gasteiger partial charge >= 0.3 is 0 Å². The predicted octanol–water partition coefficient (Wildman–Crippen LogP) is 7.58. The fraction of sp³-hybridized carbons (Fsp3) is 0. The maximum Gasteiger partial charge on any atom is 0.259 e. The lowest BCUT2D eigenvalue weighted by Gasteiger charge is -2.11. The molecule has 40 heavy (non-hydrogen) atoms. The molecule has 0 atom stereocenters. The number of hydrogen-bond donors (Lipinski definition) is 4. The molecule has 0 aliphatic rings. The van der Waals surface area contributed by atoms with Crippen LogP contribution in [0.4, 0.5) is 11.4 Å². The van der Waals surface area contributed by atoms with E-state index in [0.717, 1.165) is 32.7 Å². The topological polar surface area (TPSA) is 98.7 Å².